The Labute approximate surface area is 200 Å². The molecule has 184 valence electrons. The lowest BCUT2D eigenvalue weighted by Crippen LogP contribution is -2.28. The van der Waals surface area contributed by atoms with Gasteiger partial charge in [0.15, 0.2) is 17.1 Å². The Hall–Kier alpha value is -3.73. The predicted octanol–water partition coefficient (Wildman–Crippen LogP) is 4.03. The van der Waals surface area contributed by atoms with Crippen molar-refractivity contribution in [3.63, 3.8) is 0 Å². The van der Waals surface area contributed by atoms with Crippen molar-refractivity contribution in [2.45, 2.75) is 19.6 Å². The van der Waals surface area contributed by atoms with Gasteiger partial charge in [0.1, 0.15) is 9.84 Å². The molecule has 4 aromatic rings. The van der Waals surface area contributed by atoms with Gasteiger partial charge in [0.05, 0.1) is 23.9 Å². The maximum absolute atomic E-state index is 13.0. The number of rotatable bonds is 9. The molecule has 4 rings (SSSR count). The molecule has 0 saturated carbocycles. The largest absolute Gasteiger partial charge is 0.490 e. The van der Waals surface area contributed by atoms with Gasteiger partial charge in [0, 0.05) is 18.0 Å². The standard InChI is InChI=1S/C24H23F2N3O5S/c1-3-33-21-12-16(9-10-20(21)34-23(25)26)19(14-35(2,31)32)29-22-18(28-24(29)30)11-17(13-27-22)15-7-5-4-6-8-15/h4-13,19,23H,3,14H2,1-2H3,(H,28,30). The van der Waals surface area contributed by atoms with E-state index in [9.17, 15) is 22.0 Å². The molecule has 1 unspecified atom stereocenters. The van der Waals surface area contributed by atoms with Crippen LogP contribution in [-0.4, -0.2) is 48.2 Å². The van der Waals surface area contributed by atoms with Gasteiger partial charge in [0.25, 0.3) is 0 Å². The first-order valence-corrected chi connectivity index (χ1v) is 12.8. The van der Waals surface area contributed by atoms with Crippen molar-refractivity contribution in [2.75, 3.05) is 18.6 Å². The maximum Gasteiger partial charge on any atom is 0.387 e. The molecule has 0 spiro atoms. The Morgan fingerprint density at radius 3 is 2.46 bits per heavy atom. The second-order valence-corrected chi connectivity index (χ2v) is 10.1. The molecule has 2 heterocycles. The lowest BCUT2D eigenvalue weighted by molar-refractivity contribution is -0.0514. The number of nitrogens with one attached hydrogen (secondary N) is 1. The molecule has 8 nitrogen and oxygen atoms in total. The fourth-order valence-electron chi connectivity index (χ4n) is 3.89. The van der Waals surface area contributed by atoms with Crippen LogP contribution in [-0.2, 0) is 9.84 Å². The number of fused-ring (bicyclic) bond motifs is 1. The van der Waals surface area contributed by atoms with Gasteiger partial charge in [-0.25, -0.2) is 18.2 Å². The summed E-state index contributed by atoms with van der Waals surface area (Å²) >= 11 is 0. The quantitative estimate of drug-likeness (QED) is 0.370. The first-order chi connectivity index (χ1) is 16.7. The summed E-state index contributed by atoms with van der Waals surface area (Å²) in [6.07, 6.45) is 2.66. The molecule has 35 heavy (non-hydrogen) atoms. The van der Waals surface area contributed by atoms with Crippen molar-refractivity contribution in [3.8, 4) is 22.6 Å². The molecule has 0 saturated heterocycles. The molecule has 0 radical (unpaired) electrons. The van der Waals surface area contributed by atoms with Crippen molar-refractivity contribution < 1.29 is 26.7 Å². The van der Waals surface area contributed by atoms with Crippen LogP contribution < -0.4 is 15.2 Å². The zero-order valence-corrected chi connectivity index (χ0v) is 19.8. The lowest BCUT2D eigenvalue weighted by atomic mass is 10.1. The normalized spacial score (nSPS) is 12.7. The minimum absolute atomic E-state index is 0.0102. The number of sulfone groups is 1. The number of imidazole rings is 1. The van der Waals surface area contributed by atoms with Crippen molar-refractivity contribution in [1.82, 2.24) is 14.5 Å². The van der Waals surface area contributed by atoms with Gasteiger partial charge in [-0.2, -0.15) is 8.78 Å². The molecule has 1 N–H and O–H groups in total. The third-order valence-electron chi connectivity index (χ3n) is 5.30. The first-order valence-electron chi connectivity index (χ1n) is 10.7. The lowest BCUT2D eigenvalue weighted by Gasteiger charge is -2.20. The van der Waals surface area contributed by atoms with Gasteiger partial charge < -0.3 is 14.5 Å². The van der Waals surface area contributed by atoms with Crippen LogP contribution in [0.5, 0.6) is 11.5 Å². The second kappa shape index (κ2) is 9.87. The van der Waals surface area contributed by atoms with Crippen LogP contribution in [0.3, 0.4) is 0 Å². The van der Waals surface area contributed by atoms with Crippen molar-refractivity contribution in [2.24, 2.45) is 0 Å². The predicted molar refractivity (Wildman–Crippen MR) is 128 cm³/mol. The van der Waals surface area contributed by atoms with Gasteiger partial charge in [-0.3, -0.25) is 4.57 Å². The Morgan fingerprint density at radius 1 is 1.06 bits per heavy atom. The molecule has 0 bridgehead atoms. The van der Waals surface area contributed by atoms with Crippen LogP contribution in [0.2, 0.25) is 0 Å². The highest BCUT2D eigenvalue weighted by molar-refractivity contribution is 7.90. The molecular weight excluding hydrogens is 480 g/mol. The Bertz CT molecular complexity index is 1500. The smallest absolute Gasteiger partial charge is 0.387 e. The van der Waals surface area contributed by atoms with E-state index in [-0.39, 0.29) is 23.8 Å². The van der Waals surface area contributed by atoms with Crippen LogP contribution in [0.15, 0.2) is 65.6 Å². The zero-order valence-electron chi connectivity index (χ0n) is 18.9. The van der Waals surface area contributed by atoms with Gasteiger partial charge >= 0.3 is 12.3 Å². The van der Waals surface area contributed by atoms with E-state index in [0.717, 1.165) is 17.4 Å². The van der Waals surface area contributed by atoms with Crippen molar-refractivity contribution in [3.05, 3.63) is 76.8 Å². The van der Waals surface area contributed by atoms with Crippen LogP contribution >= 0.6 is 0 Å². The monoisotopic (exact) mass is 503 g/mol. The summed E-state index contributed by atoms with van der Waals surface area (Å²) < 4.78 is 61.5. The number of hydrogen-bond acceptors (Lipinski definition) is 6. The fraction of sp³-hybridized carbons (Fsp3) is 0.250. The average molecular weight is 504 g/mol. The van der Waals surface area contributed by atoms with E-state index < -0.39 is 33.9 Å². The highest BCUT2D eigenvalue weighted by Gasteiger charge is 2.26. The topological polar surface area (TPSA) is 103 Å². The molecule has 0 aliphatic carbocycles. The van der Waals surface area contributed by atoms with E-state index in [1.807, 2.05) is 30.3 Å². The molecule has 2 aromatic carbocycles. The maximum atomic E-state index is 13.0. The summed E-state index contributed by atoms with van der Waals surface area (Å²) in [5, 5.41) is 0. The summed E-state index contributed by atoms with van der Waals surface area (Å²) in [5.41, 5.74) is 2.17. The van der Waals surface area contributed by atoms with E-state index in [0.29, 0.717) is 11.1 Å². The number of pyridine rings is 1. The first kappa shape index (κ1) is 24.4. The number of nitrogens with zero attached hydrogens (tertiary/aromatic N) is 2. The number of aromatic nitrogens is 3. The average Bonchev–Trinajstić information content (AvgIpc) is 3.13. The SMILES string of the molecule is CCOc1cc(C(CS(C)(=O)=O)n2c(=O)[nH]c3cc(-c4ccccc4)cnc32)ccc1OC(F)F. The van der Waals surface area contributed by atoms with Crippen LogP contribution in [0.4, 0.5) is 8.78 Å². The molecule has 0 fully saturated rings. The van der Waals surface area contributed by atoms with Gasteiger partial charge in [0.2, 0.25) is 0 Å². The number of aromatic amines is 1. The minimum atomic E-state index is -3.58. The molecule has 2 aromatic heterocycles. The Morgan fingerprint density at radius 2 is 1.80 bits per heavy atom. The number of alkyl halides is 2. The number of H-pyrrole nitrogens is 1. The van der Waals surface area contributed by atoms with E-state index in [2.05, 4.69) is 14.7 Å². The van der Waals surface area contributed by atoms with Gasteiger partial charge in [-0.15, -0.1) is 0 Å². The zero-order chi connectivity index (χ0) is 25.2. The molecule has 11 heteroatoms. The summed E-state index contributed by atoms with van der Waals surface area (Å²) in [7, 11) is -3.58. The van der Waals surface area contributed by atoms with Crippen LogP contribution in [0.1, 0.15) is 18.5 Å². The molecule has 0 amide bonds. The van der Waals surface area contributed by atoms with E-state index >= 15 is 0 Å². The number of benzene rings is 2. The van der Waals surface area contributed by atoms with E-state index in [4.69, 9.17) is 4.74 Å². The fourth-order valence-corrected chi connectivity index (χ4v) is 4.81. The number of ether oxygens (including phenoxy) is 2. The molecule has 0 aliphatic rings. The van der Waals surface area contributed by atoms with E-state index in [1.165, 1.54) is 22.8 Å². The van der Waals surface area contributed by atoms with Crippen LogP contribution in [0, 0.1) is 0 Å². The summed E-state index contributed by atoms with van der Waals surface area (Å²) in [6.45, 7) is -1.23. The van der Waals surface area contributed by atoms with Crippen molar-refractivity contribution >= 4 is 21.0 Å². The summed E-state index contributed by atoms with van der Waals surface area (Å²) in [6, 6.07) is 14.3. The second-order valence-electron chi connectivity index (χ2n) is 7.89. The third kappa shape index (κ3) is 5.51. The summed E-state index contributed by atoms with van der Waals surface area (Å²) in [4.78, 5) is 20.2. The molecule has 0 aliphatic heterocycles. The number of halogens is 2. The van der Waals surface area contributed by atoms with E-state index in [1.54, 1.807) is 19.2 Å². The highest BCUT2D eigenvalue weighted by atomic mass is 32.2. The van der Waals surface area contributed by atoms with Crippen molar-refractivity contribution in [1.29, 1.82) is 0 Å². The summed E-state index contributed by atoms with van der Waals surface area (Å²) in [5.74, 6) is -0.612. The van der Waals surface area contributed by atoms with Gasteiger partial charge in [-0.1, -0.05) is 36.4 Å². The third-order valence-corrected chi connectivity index (χ3v) is 6.22. The molecular formula is C24H23F2N3O5S. The molecule has 1 atom stereocenters. The van der Waals surface area contributed by atoms with Crippen LogP contribution in [0.25, 0.3) is 22.3 Å². The number of hydrogen-bond donors (Lipinski definition) is 1. The van der Waals surface area contributed by atoms with Gasteiger partial charge in [-0.05, 0) is 36.2 Å². The minimum Gasteiger partial charge on any atom is -0.490 e. The Kier molecular flexibility index (Phi) is 6.88. The highest BCUT2D eigenvalue weighted by Crippen LogP contribution is 2.34. The Balaban J connectivity index is 1.86.